The molecule has 0 bridgehead atoms. The number of rotatable bonds is 11. The van der Waals surface area contributed by atoms with E-state index in [-0.39, 0.29) is 24.8 Å². The van der Waals surface area contributed by atoms with E-state index in [2.05, 4.69) is 13.8 Å². The fourth-order valence-electron chi connectivity index (χ4n) is 2.97. The molecule has 4 heteroatoms. The smallest absolute Gasteiger partial charge is 0.311 e. The first kappa shape index (κ1) is 20.9. The molecule has 2 aromatic carbocycles. The van der Waals surface area contributed by atoms with Crippen LogP contribution in [0, 0.1) is 5.92 Å². The van der Waals surface area contributed by atoms with Gasteiger partial charge in [-0.3, -0.25) is 9.59 Å². The first-order valence-corrected chi connectivity index (χ1v) is 9.97. The number of carbonyl (C=O) groups is 2. The van der Waals surface area contributed by atoms with Gasteiger partial charge in [0.15, 0.2) is 0 Å². The van der Waals surface area contributed by atoms with E-state index in [0.29, 0.717) is 24.7 Å². The molecule has 0 aromatic heterocycles. The van der Waals surface area contributed by atoms with Crippen molar-refractivity contribution in [3.63, 3.8) is 0 Å². The topological polar surface area (TPSA) is 52.6 Å². The van der Waals surface area contributed by atoms with Crippen LogP contribution in [0.3, 0.4) is 0 Å². The summed E-state index contributed by atoms with van der Waals surface area (Å²) in [6, 6.07) is 13.5. The monoisotopic (exact) mass is 370 g/mol. The standard InChI is InChI=1S/C23H30O4/c1-3-5-9-18(4-2)17-26-22(24)12-8-13-23(25)27-21-15-14-19-10-6-7-11-20(19)16-21/h6-7,10-11,14-16,18H,3-5,8-9,12-13,17H2,1-2H3. The number of fused-ring (bicyclic) bond motifs is 1. The predicted octanol–water partition coefficient (Wildman–Crippen LogP) is 5.68. The molecule has 1 atom stereocenters. The van der Waals surface area contributed by atoms with Gasteiger partial charge < -0.3 is 9.47 Å². The average Bonchev–Trinajstić information content (AvgIpc) is 2.68. The van der Waals surface area contributed by atoms with Gasteiger partial charge in [0.2, 0.25) is 0 Å². The minimum atomic E-state index is -0.326. The highest BCUT2D eigenvalue weighted by Gasteiger charge is 2.12. The Bertz CT molecular complexity index is 738. The van der Waals surface area contributed by atoms with Gasteiger partial charge in [-0.05, 0) is 41.7 Å². The molecule has 0 aliphatic rings. The van der Waals surface area contributed by atoms with E-state index in [1.54, 1.807) is 6.07 Å². The lowest BCUT2D eigenvalue weighted by molar-refractivity contribution is -0.145. The summed E-state index contributed by atoms with van der Waals surface area (Å²) >= 11 is 0. The SMILES string of the molecule is CCCCC(CC)COC(=O)CCCC(=O)Oc1ccc2ccccc2c1. The molecular weight excluding hydrogens is 340 g/mol. The highest BCUT2D eigenvalue weighted by Crippen LogP contribution is 2.21. The van der Waals surface area contributed by atoms with E-state index in [0.717, 1.165) is 36.5 Å². The Balaban J connectivity index is 1.68. The zero-order valence-electron chi connectivity index (χ0n) is 16.4. The van der Waals surface area contributed by atoms with Gasteiger partial charge in [-0.1, -0.05) is 63.4 Å². The van der Waals surface area contributed by atoms with Gasteiger partial charge in [-0.15, -0.1) is 0 Å². The second-order valence-corrected chi connectivity index (χ2v) is 6.94. The summed E-state index contributed by atoms with van der Waals surface area (Å²) in [7, 11) is 0. The number of ether oxygens (including phenoxy) is 2. The zero-order chi connectivity index (χ0) is 19.5. The molecule has 0 saturated heterocycles. The number of hydrogen-bond acceptors (Lipinski definition) is 4. The minimum absolute atomic E-state index is 0.203. The van der Waals surface area contributed by atoms with Gasteiger partial charge in [0.05, 0.1) is 6.61 Å². The molecule has 27 heavy (non-hydrogen) atoms. The number of unbranched alkanes of at least 4 members (excludes halogenated alkanes) is 1. The predicted molar refractivity (Wildman–Crippen MR) is 108 cm³/mol. The third kappa shape index (κ3) is 7.41. The van der Waals surface area contributed by atoms with Crippen molar-refractivity contribution in [2.75, 3.05) is 6.61 Å². The van der Waals surface area contributed by atoms with Crippen LogP contribution in [0.5, 0.6) is 5.75 Å². The summed E-state index contributed by atoms with van der Waals surface area (Å²) < 4.78 is 10.7. The normalized spacial score (nSPS) is 11.9. The molecule has 0 saturated carbocycles. The molecule has 2 aromatic rings. The van der Waals surface area contributed by atoms with E-state index >= 15 is 0 Å². The van der Waals surface area contributed by atoms with Crippen LogP contribution in [0.25, 0.3) is 10.8 Å². The van der Waals surface area contributed by atoms with Crippen molar-refractivity contribution in [3.05, 3.63) is 42.5 Å². The maximum absolute atomic E-state index is 12.0. The van der Waals surface area contributed by atoms with Crippen molar-refractivity contribution in [1.82, 2.24) is 0 Å². The van der Waals surface area contributed by atoms with Crippen LogP contribution >= 0.6 is 0 Å². The Morgan fingerprint density at radius 2 is 1.67 bits per heavy atom. The van der Waals surface area contributed by atoms with E-state index in [1.165, 1.54) is 0 Å². The lowest BCUT2D eigenvalue weighted by atomic mass is 10.0. The Kier molecular flexibility index (Phi) is 8.82. The Labute approximate surface area is 161 Å². The first-order chi connectivity index (χ1) is 13.1. The lowest BCUT2D eigenvalue weighted by Crippen LogP contribution is -2.14. The quantitative estimate of drug-likeness (QED) is 0.377. The molecule has 0 fully saturated rings. The summed E-state index contributed by atoms with van der Waals surface area (Å²) in [6.45, 7) is 4.77. The molecule has 0 aliphatic carbocycles. The molecule has 2 rings (SSSR count). The van der Waals surface area contributed by atoms with Gasteiger partial charge in [-0.2, -0.15) is 0 Å². The fraction of sp³-hybridized carbons (Fsp3) is 0.478. The molecule has 0 aliphatic heterocycles. The van der Waals surface area contributed by atoms with Gasteiger partial charge in [0.25, 0.3) is 0 Å². The van der Waals surface area contributed by atoms with Crippen molar-refractivity contribution in [1.29, 1.82) is 0 Å². The average molecular weight is 370 g/mol. The molecule has 1 unspecified atom stereocenters. The molecule has 4 nitrogen and oxygen atoms in total. The van der Waals surface area contributed by atoms with Gasteiger partial charge >= 0.3 is 11.9 Å². The van der Waals surface area contributed by atoms with Crippen molar-refractivity contribution in [2.24, 2.45) is 5.92 Å². The van der Waals surface area contributed by atoms with Gasteiger partial charge in [0, 0.05) is 12.8 Å². The third-order valence-corrected chi connectivity index (χ3v) is 4.74. The molecular formula is C23H30O4. The maximum atomic E-state index is 12.0. The summed E-state index contributed by atoms with van der Waals surface area (Å²) in [5.74, 6) is 0.408. The largest absolute Gasteiger partial charge is 0.465 e. The molecule has 0 spiro atoms. The van der Waals surface area contributed by atoms with E-state index in [4.69, 9.17) is 9.47 Å². The van der Waals surface area contributed by atoms with Crippen molar-refractivity contribution in [2.45, 2.75) is 58.8 Å². The van der Waals surface area contributed by atoms with Crippen LogP contribution in [-0.4, -0.2) is 18.5 Å². The Morgan fingerprint density at radius 1 is 0.926 bits per heavy atom. The second-order valence-electron chi connectivity index (χ2n) is 6.94. The number of esters is 2. The van der Waals surface area contributed by atoms with Crippen LogP contribution in [0.1, 0.15) is 58.8 Å². The summed E-state index contributed by atoms with van der Waals surface area (Å²) in [6.07, 6.45) is 5.33. The molecule has 146 valence electrons. The minimum Gasteiger partial charge on any atom is -0.465 e. The summed E-state index contributed by atoms with van der Waals surface area (Å²) in [5.41, 5.74) is 0. The maximum Gasteiger partial charge on any atom is 0.311 e. The number of carbonyl (C=O) groups excluding carboxylic acids is 2. The molecule has 0 radical (unpaired) electrons. The zero-order valence-corrected chi connectivity index (χ0v) is 16.4. The van der Waals surface area contributed by atoms with Crippen LogP contribution in [0.15, 0.2) is 42.5 Å². The van der Waals surface area contributed by atoms with Crippen LogP contribution in [0.2, 0.25) is 0 Å². The number of hydrogen-bond donors (Lipinski definition) is 0. The van der Waals surface area contributed by atoms with Crippen LogP contribution in [0.4, 0.5) is 0 Å². The molecule has 0 heterocycles. The highest BCUT2D eigenvalue weighted by molar-refractivity contribution is 5.84. The van der Waals surface area contributed by atoms with E-state index in [1.807, 2.05) is 36.4 Å². The van der Waals surface area contributed by atoms with E-state index < -0.39 is 0 Å². The second kappa shape index (κ2) is 11.4. The molecule has 0 amide bonds. The van der Waals surface area contributed by atoms with Crippen molar-refractivity contribution < 1.29 is 19.1 Å². The van der Waals surface area contributed by atoms with Crippen LogP contribution in [-0.2, 0) is 14.3 Å². The highest BCUT2D eigenvalue weighted by atomic mass is 16.5. The fourth-order valence-corrected chi connectivity index (χ4v) is 2.97. The number of benzene rings is 2. The van der Waals surface area contributed by atoms with Crippen LogP contribution < -0.4 is 4.74 Å². The Morgan fingerprint density at radius 3 is 2.41 bits per heavy atom. The Hall–Kier alpha value is -2.36. The lowest BCUT2D eigenvalue weighted by Gasteiger charge is -2.14. The van der Waals surface area contributed by atoms with Crippen molar-refractivity contribution >= 4 is 22.7 Å². The third-order valence-electron chi connectivity index (χ3n) is 4.74. The summed E-state index contributed by atoms with van der Waals surface area (Å²) in [4.78, 5) is 23.8. The molecule has 0 N–H and O–H groups in total. The van der Waals surface area contributed by atoms with Gasteiger partial charge in [0.1, 0.15) is 5.75 Å². The first-order valence-electron chi connectivity index (χ1n) is 9.97. The van der Waals surface area contributed by atoms with Gasteiger partial charge in [-0.25, -0.2) is 0 Å². The van der Waals surface area contributed by atoms with Crippen molar-refractivity contribution in [3.8, 4) is 5.75 Å². The van der Waals surface area contributed by atoms with E-state index in [9.17, 15) is 9.59 Å². The summed E-state index contributed by atoms with van der Waals surface area (Å²) in [5, 5.41) is 2.13.